The van der Waals surface area contributed by atoms with Crippen LogP contribution in [-0.4, -0.2) is 6.21 Å². The molecule has 0 aliphatic carbocycles. The molecule has 1 aliphatic rings. The van der Waals surface area contributed by atoms with Gasteiger partial charge in [-0.1, -0.05) is 18.6 Å². The van der Waals surface area contributed by atoms with E-state index in [0.717, 1.165) is 43.4 Å². The molecule has 2 rings (SSSR count). The van der Waals surface area contributed by atoms with E-state index in [9.17, 15) is 13.2 Å². The lowest BCUT2D eigenvalue weighted by molar-refractivity contribution is -0.137. The predicted octanol–water partition coefficient (Wildman–Crippen LogP) is 4.39. The summed E-state index contributed by atoms with van der Waals surface area (Å²) in [6, 6.07) is 5.37. The van der Waals surface area contributed by atoms with Crippen molar-refractivity contribution >= 4 is 6.21 Å². The highest BCUT2D eigenvalue weighted by atomic mass is 19.4. The average Bonchev–Trinajstić information content (AvgIpc) is 2.56. The Morgan fingerprint density at radius 3 is 2.41 bits per heavy atom. The van der Waals surface area contributed by atoms with Crippen LogP contribution in [0, 0.1) is 0 Å². The van der Waals surface area contributed by atoms with Crippen LogP contribution in [0.3, 0.4) is 0 Å². The fourth-order valence-corrected chi connectivity index (χ4v) is 2.00. The van der Waals surface area contributed by atoms with E-state index >= 15 is 0 Å². The van der Waals surface area contributed by atoms with Gasteiger partial charge in [-0.3, -0.25) is 4.99 Å². The lowest BCUT2D eigenvalue weighted by Gasteiger charge is -2.12. The van der Waals surface area contributed by atoms with E-state index in [4.69, 9.17) is 0 Å². The van der Waals surface area contributed by atoms with Gasteiger partial charge in [0, 0.05) is 0 Å². The van der Waals surface area contributed by atoms with Crippen LogP contribution in [0.25, 0.3) is 0 Å². The van der Waals surface area contributed by atoms with Gasteiger partial charge in [0.1, 0.15) is 0 Å². The molecule has 0 saturated carbocycles. The lowest BCUT2D eigenvalue weighted by Crippen LogP contribution is -2.05. The van der Waals surface area contributed by atoms with Gasteiger partial charge in [-0.05, 0) is 43.2 Å². The van der Waals surface area contributed by atoms with Crippen molar-refractivity contribution in [2.75, 3.05) is 0 Å². The van der Waals surface area contributed by atoms with E-state index in [1.807, 2.05) is 6.21 Å². The molecule has 0 bridgehead atoms. The van der Waals surface area contributed by atoms with Crippen molar-refractivity contribution in [1.82, 2.24) is 0 Å². The second kappa shape index (κ2) is 4.90. The van der Waals surface area contributed by atoms with Crippen molar-refractivity contribution in [1.29, 1.82) is 0 Å². The monoisotopic (exact) mass is 241 g/mol. The van der Waals surface area contributed by atoms with Crippen molar-refractivity contribution in [2.45, 2.75) is 37.9 Å². The van der Waals surface area contributed by atoms with Crippen LogP contribution >= 0.6 is 0 Å². The highest BCUT2D eigenvalue weighted by molar-refractivity contribution is 5.58. The summed E-state index contributed by atoms with van der Waals surface area (Å²) in [5, 5.41) is 0. The molecule has 0 fully saturated rings. The van der Waals surface area contributed by atoms with Crippen molar-refractivity contribution in [3.63, 3.8) is 0 Å². The van der Waals surface area contributed by atoms with Crippen LogP contribution in [0.1, 0.15) is 42.9 Å². The van der Waals surface area contributed by atoms with Crippen LogP contribution in [0.4, 0.5) is 13.2 Å². The molecule has 1 aromatic carbocycles. The molecule has 0 amide bonds. The molecule has 1 heterocycles. The Morgan fingerprint density at radius 2 is 1.76 bits per heavy atom. The molecule has 4 heteroatoms. The average molecular weight is 241 g/mol. The number of aliphatic imine (C=N–C) groups is 1. The number of halogens is 3. The maximum absolute atomic E-state index is 12.4. The summed E-state index contributed by atoms with van der Waals surface area (Å²) in [6.45, 7) is 0. The lowest BCUT2D eigenvalue weighted by atomic mass is 10.0. The largest absolute Gasteiger partial charge is 0.416 e. The van der Waals surface area contributed by atoms with Gasteiger partial charge in [-0.2, -0.15) is 13.2 Å². The van der Waals surface area contributed by atoms with Gasteiger partial charge in [0.05, 0.1) is 11.6 Å². The van der Waals surface area contributed by atoms with E-state index in [-0.39, 0.29) is 6.04 Å². The van der Waals surface area contributed by atoms with Gasteiger partial charge in [0.15, 0.2) is 0 Å². The molecular weight excluding hydrogens is 227 g/mol. The number of benzene rings is 1. The van der Waals surface area contributed by atoms with Gasteiger partial charge < -0.3 is 0 Å². The topological polar surface area (TPSA) is 12.4 Å². The second-order valence-electron chi connectivity index (χ2n) is 4.25. The van der Waals surface area contributed by atoms with Crippen LogP contribution < -0.4 is 0 Å². The molecule has 1 aromatic rings. The maximum Gasteiger partial charge on any atom is 0.416 e. The van der Waals surface area contributed by atoms with Gasteiger partial charge in [0.25, 0.3) is 0 Å². The van der Waals surface area contributed by atoms with E-state index in [1.54, 1.807) is 0 Å². The van der Waals surface area contributed by atoms with Gasteiger partial charge >= 0.3 is 6.18 Å². The summed E-state index contributed by atoms with van der Waals surface area (Å²) in [7, 11) is 0. The fourth-order valence-electron chi connectivity index (χ4n) is 2.00. The molecule has 1 atom stereocenters. The Labute approximate surface area is 98.4 Å². The Morgan fingerprint density at radius 1 is 1.06 bits per heavy atom. The van der Waals surface area contributed by atoms with Crippen LogP contribution in [0.15, 0.2) is 29.3 Å². The zero-order valence-electron chi connectivity index (χ0n) is 9.37. The SMILES string of the molecule is FC(F)(F)c1ccc(C2CCCCC=N2)cc1. The highest BCUT2D eigenvalue weighted by Gasteiger charge is 2.30. The number of hydrogen-bond donors (Lipinski definition) is 0. The molecule has 0 saturated heterocycles. The Balaban J connectivity index is 2.17. The van der Waals surface area contributed by atoms with Gasteiger partial charge in [-0.15, -0.1) is 0 Å². The summed E-state index contributed by atoms with van der Waals surface area (Å²) in [5.41, 5.74) is 0.273. The molecule has 1 aliphatic heterocycles. The van der Waals surface area contributed by atoms with E-state index in [2.05, 4.69) is 4.99 Å². The minimum Gasteiger partial charge on any atom is -0.289 e. The molecule has 1 unspecified atom stereocenters. The number of nitrogens with zero attached hydrogens (tertiary/aromatic N) is 1. The molecule has 0 spiro atoms. The highest BCUT2D eigenvalue weighted by Crippen LogP contribution is 2.31. The minimum absolute atomic E-state index is 0.0276. The molecule has 0 N–H and O–H groups in total. The Bertz CT molecular complexity index is 392. The van der Waals surface area contributed by atoms with E-state index in [0.29, 0.717) is 0 Å². The third kappa shape index (κ3) is 3.08. The van der Waals surface area contributed by atoms with Crippen LogP contribution in [0.5, 0.6) is 0 Å². The molecule has 0 radical (unpaired) electrons. The second-order valence-corrected chi connectivity index (χ2v) is 4.25. The number of rotatable bonds is 1. The van der Waals surface area contributed by atoms with Crippen molar-refractivity contribution < 1.29 is 13.2 Å². The third-order valence-electron chi connectivity index (χ3n) is 2.97. The first-order valence-corrected chi connectivity index (χ1v) is 5.76. The standard InChI is InChI=1S/C13H14F3N/c14-13(15,16)11-7-5-10(6-8-11)12-4-2-1-3-9-17-12/h5-9,12H,1-4H2. The summed E-state index contributed by atoms with van der Waals surface area (Å²) < 4.78 is 37.2. The molecule has 92 valence electrons. The fraction of sp³-hybridized carbons (Fsp3) is 0.462. The molecule has 17 heavy (non-hydrogen) atoms. The Kier molecular flexibility index (Phi) is 3.50. The van der Waals surface area contributed by atoms with E-state index < -0.39 is 11.7 Å². The maximum atomic E-state index is 12.4. The normalized spacial score (nSPS) is 21.2. The first kappa shape index (κ1) is 12.1. The first-order valence-electron chi connectivity index (χ1n) is 5.76. The third-order valence-corrected chi connectivity index (χ3v) is 2.97. The summed E-state index contributed by atoms with van der Waals surface area (Å²) in [5.74, 6) is 0. The summed E-state index contributed by atoms with van der Waals surface area (Å²) in [4.78, 5) is 4.38. The van der Waals surface area contributed by atoms with E-state index in [1.165, 1.54) is 12.1 Å². The zero-order valence-corrected chi connectivity index (χ0v) is 9.37. The van der Waals surface area contributed by atoms with Gasteiger partial charge in [-0.25, -0.2) is 0 Å². The van der Waals surface area contributed by atoms with Crippen molar-refractivity contribution in [3.8, 4) is 0 Å². The summed E-state index contributed by atoms with van der Waals surface area (Å²) >= 11 is 0. The minimum atomic E-state index is -4.26. The van der Waals surface area contributed by atoms with Crippen molar-refractivity contribution in [2.24, 2.45) is 4.99 Å². The molecule has 0 aromatic heterocycles. The quantitative estimate of drug-likeness (QED) is 0.691. The molecule has 1 nitrogen and oxygen atoms in total. The Hall–Kier alpha value is -1.32. The van der Waals surface area contributed by atoms with Crippen LogP contribution in [0.2, 0.25) is 0 Å². The number of hydrogen-bond acceptors (Lipinski definition) is 1. The zero-order chi connectivity index (χ0) is 12.3. The van der Waals surface area contributed by atoms with Crippen molar-refractivity contribution in [3.05, 3.63) is 35.4 Å². The van der Waals surface area contributed by atoms with Crippen LogP contribution in [-0.2, 0) is 6.18 Å². The summed E-state index contributed by atoms with van der Waals surface area (Å²) in [6.07, 6.45) is 1.70. The van der Waals surface area contributed by atoms with Gasteiger partial charge in [0.2, 0.25) is 0 Å². The first-order chi connectivity index (χ1) is 8.07. The smallest absolute Gasteiger partial charge is 0.289 e. The number of alkyl halides is 3. The predicted molar refractivity (Wildman–Crippen MR) is 61.1 cm³/mol. The molecular formula is C13H14F3N.